The van der Waals surface area contributed by atoms with Crippen molar-refractivity contribution in [2.45, 2.75) is 3.98 Å². The number of alkyl halides is 3. The Morgan fingerprint density at radius 2 is 1.29 bits per heavy atom. The van der Waals surface area contributed by atoms with Gasteiger partial charge in [0.25, 0.3) is 0 Å². The molecule has 0 saturated carbocycles. The van der Waals surface area contributed by atoms with Gasteiger partial charge in [-0.1, -0.05) is 34.8 Å². The first-order valence-corrected chi connectivity index (χ1v) is 2.37. The first kappa shape index (κ1) is 11.7. The van der Waals surface area contributed by atoms with E-state index in [9.17, 15) is 0 Å². The molecule has 0 heterocycles. The maximum absolute atomic E-state index is 4.89. The second kappa shape index (κ2) is 4.77. The summed E-state index contributed by atoms with van der Waals surface area (Å²) < 4.78 is 1.93. The molecule has 7 heavy (non-hydrogen) atoms. The third-order valence-corrected chi connectivity index (χ3v) is 0.787. The fourth-order valence-electron chi connectivity index (χ4n) is 0. The van der Waals surface area contributed by atoms with Crippen LogP contribution in [0, 0.1) is 0 Å². The van der Waals surface area contributed by atoms with Gasteiger partial charge in [0.05, 0.1) is 11.9 Å². The summed E-state index contributed by atoms with van der Waals surface area (Å²) in [6.45, 7) is 0. The zero-order valence-corrected chi connectivity index (χ0v) is 10.2. The summed E-state index contributed by atoms with van der Waals surface area (Å²) in [5.74, 6) is 0. The average molecular weight is 291 g/mol. The normalized spacial score (nSPS) is 10.3. The molecule has 0 fully saturated rings. The third-order valence-electron chi connectivity index (χ3n) is 0.0875. The standard InChI is InChI=1S/CCl4O.Sn.2H/c2-1(3,4)6-5;;;. The van der Waals surface area contributed by atoms with Gasteiger partial charge in [-0.2, -0.15) is 0 Å². The Hall–Kier alpha value is 1.92. The summed E-state index contributed by atoms with van der Waals surface area (Å²) in [5.41, 5.74) is 0. The summed E-state index contributed by atoms with van der Waals surface area (Å²) in [6.07, 6.45) is 0. The second-order valence-corrected chi connectivity index (χ2v) is 2.85. The van der Waals surface area contributed by atoms with Gasteiger partial charge in [0.2, 0.25) is 0 Å². The fourth-order valence-corrected chi connectivity index (χ4v) is 0. The van der Waals surface area contributed by atoms with Crippen LogP contribution in [0.25, 0.3) is 0 Å². The molecular formula is CH2Cl4OSn. The van der Waals surface area contributed by atoms with Crippen LogP contribution >= 0.6 is 46.7 Å². The van der Waals surface area contributed by atoms with Crippen molar-refractivity contribution in [3.63, 3.8) is 0 Å². The zero-order valence-electron chi connectivity index (χ0n) is 3.13. The van der Waals surface area contributed by atoms with Crippen LogP contribution in [-0.4, -0.2) is 27.9 Å². The zero-order chi connectivity index (χ0) is 5.21. The molecule has 0 aliphatic heterocycles. The van der Waals surface area contributed by atoms with Gasteiger partial charge in [0.15, 0.2) is 0 Å². The van der Waals surface area contributed by atoms with E-state index in [4.69, 9.17) is 34.8 Å². The maximum atomic E-state index is 4.89. The van der Waals surface area contributed by atoms with Crippen LogP contribution in [0.2, 0.25) is 0 Å². The van der Waals surface area contributed by atoms with Crippen LogP contribution in [-0.2, 0) is 4.29 Å². The number of hydrogen-bond donors (Lipinski definition) is 0. The van der Waals surface area contributed by atoms with Crippen molar-refractivity contribution in [2.24, 2.45) is 0 Å². The van der Waals surface area contributed by atoms with Crippen molar-refractivity contribution < 1.29 is 4.29 Å². The summed E-state index contributed by atoms with van der Waals surface area (Å²) >= 11 is 19.3. The van der Waals surface area contributed by atoms with Gasteiger partial charge in [-0.3, -0.25) is 0 Å². The van der Waals surface area contributed by atoms with Crippen molar-refractivity contribution in [2.75, 3.05) is 0 Å². The van der Waals surface area contributed by atoms with E-state index in [-0.39, 0.29) is 23.9 Å². The molecule has 0 spiro atoms. The second-order valence-electron chi connectivity index (χ2n) is 0.523. The van der Waals surface area contributed by atoms with Gasteiger partial charge in [0.1, 0.15) is 0 Å². The summed E-state index contributed by atoms with van der Waals surface area (Å²) in [7, 11) is 0. The molecule has 2 radical (unpaired) electrons. The first-order valence-electron chi connectivity index (χ1n) is 0.925. The summed E-state index contributed by atoms with van der Waals surface area (Å²) in [5, 5.41) is 0. The van der Waals surface area contributed by atoms with Gasteiger partial charge in [-0.25, -0.2) is 4.29 Å². The molecule has 0 aromatic heterocycles. The van der Waals surface area contributed by atoms with Crippen LogP contribution in [0.15, 0.2) is 0 Å². The Labute approximate surface area is 78.3 Å². The average Bonchev–Trinajstić information content (AvgIpc) is 1.35. The molecule has 0 saturated heterocycles. The van der Waals surface area contributed by atoms with E-state index in [0.717, 1.165) is 0 Å². The van der Waals surface area contributed by atoms with E-state index < -0.39 is 3.98 Å². The van der Waals surface area contributed by atoms with Crippen molar-refractivity contribution in [1.82, 2.24) is 0 Å². The quantitative estimate of drug-likeness (QED) is 0.486. The number of halogens is 4. The Morgan fingerprint density at radius 1 is 1.14 bits per heavy atom. The van der Waals surface area contributed by atoms with Crippen molar-refractivity contribution in [1.29, 1.82) is 0 Å². The molecule has 0 atom stereocenters. The van der Waals surface area contributed by atoms with Crippen molar-refractivity contribution in [3.8, 4) is 0 Å². The molecule has 0 unspecified atom stereocenters. The molecule has 6 heteroatoms. The first-order chi connectivity index (χ1) is 2.56. The Morgan fingerprint density at radius 3 is 1.29 bits per heavy atom. The van der Waals surface area contributed by atoms with Gasteiger partial charge in [-0.05, 0) is 0 Å². The van der Waals surface area contributed by atoms with E-state index in [1.807, 2.05) is 0 Å². The molecule has 0 aromatic rings. The molecule has 0 bridgehead atoms. The molecule has 1 nitrogen and oxygen atoms in total. The van der Waals surface area contributed by atoms with E-state index in [1.54, 1.807) is 0 Å². The van der Waals surface area contributed by atoms with Gasteiger partial charge in [-0.15, -0.1) is 0 Å². The van der Waals surface area contributed by atoms with Crippen LogP contribution in [0.3, 0.4) is 0 Å². The van der Waals surface area contributed by atoms with E-state index in [1.165, 1.54) is 0 Å². The molecule has 0 aliphatic carbocycles. The minimum atomic E-state index is -1.78. The molecular weight excluding hydrogens is 289 g/mol. The van der Waals surface area contributed by atoms with Crippen LogP contribution in [0.1, 0.15) is 0 Å². The topological polar surface area (TPSA) is 9.23 Å². The van der Waals surface area contributed by atoms with Crippen LogP contribution < -0.4 is 0 Å². The summed E-state index contributed by atoms with van der Waals surface area (Å²) in [4.78, 5) is 0. The van der Waals surface area contributed by atoms with Crippen molar-refractivity contribution in [3.05, 3.63) is 0 Å². The van der Waals surface area contributed by atoms with Gasteiger partial charge < -0.3 is 0 Å². The Kier molecular flexibility index (Phi) is 7.95. The van der Waals surface area contributed by atoms with Crippen molar-refractivity contribution >= 4 is 70.6 Å². The SMILES string of the molecule is ClOC(Cl)(Cl)Cl.[SnH2]. The number of hydrogen-bond acceptors (Lipinski definition) is 1. The molecule has 0 aromatic carbocycles. The third kappa shape index (κ3) is 11.5. The molecule has 0 N–H and O–H groups in total. The van der Waals surface area contributed by atoms with E-state index in [2.05, 4.69) is 16.2 Å². The molecule has 0 aliphatic rings. The predicted molar refractivity (Wildman–Crippen MR) is 35.8 cm³/mol. The van der Waals surface area contributed by atoms with Gasteiger partial charge in [0, 0.05) is 0 Å². The molecule has 44 valence electrons. The minimum absolute atomic E-state index is 0. The monoisotopic (exact) mass is 290 g/mol. The molecule has 0 rings (SSSR count). The predicted octanol–water partition coefficient (Wildman–Crippen LogP) is 1.57. The molecule has 0 amide bonds. The van der Waals surface area contributed by atoms with Gasteiger partial charge >= 0.3 is 27.9 Å². The van der Waals surface area contributed by atoms with Crippen LogP contribution in [0.4, 0.5) is 0 Å². The fraction of sp³-hybridized carbons (Fsp3) is 1.00. The van der Waals surface area contributed by atoms with E-state index >= 15 is 0 Å². The Balaban J connectivity index is 0. The van der Waals surface area contributed by atoms with Crippen LogP contribution in [0.5, 0.6) is 0 Å². The van der Waals surface area contributed by atoms with E-state index in [0.29, 0.717) is 0 Å². The number of rotatable bonds is 0. The summed E-state index contributed by atoms with van der Waals surface area (Å²) in [6, 6.07) is 0. The Bertz CT molecular complexity index is 41.4.